The molecule has 74 valence electrons. The molecular formula is C10H16ClN2-. The number of benzene rings is 1. The Morgan fingerprint density at radius 3 is 1.08 bits per heavy atom. The predicted octanol–water partition coefficient (Wildman–Crippen LogP) is -1.18. The van der Waals surface area contributed by atoms with E-state index in [-0.39, 0.29) is 12.4 Å². The van der Waals surface area contributed by atoms with Crippen LogP contribution in [0.1, 0.15) is 0 Å². The van der Waals surface area contributed by atoms with Crippen LogP contribution in [-0.4, -0.2) is 28.2 Å². The first-order chi connectivity index (χ1) is 5.61. The number of nitrogens with zero attached hydrogens (tertiary/aromatic N) is 2. The fourth-order valence-corrected chi connectivity index (χ4v) is 1.05. The third-order valence-corrected chi connectivity index (χ3v) is 1.88. The number of halogens is 1. The van der Waals surface area contributed by atoms with Crippen LogP contribution in [0.15, 0.2) is 24.3 Å². The second-order valence-corrected chi connectivity index (χ2v) is 3.31. The molecule has 0 amide bonds. The van der Waals surface area contributed by atoms with Gasteiger partial charge in [0.2, 0.25) is 0 Å². The number of hydrogen-bond acceptors (Lipinski definition) is 2. The van der Waals surface area contributed by atoms with Crippen molar-refractivity contribution in [2.24, 2.45) is 0 Å². The standard InChI is InChI=1S/C10H16N2.ClH/c1-11(2)9-5-7-10(8-6-9)12(3)4;/h5-8H,1-4H3;1H/p-1. The lowest BCUT2D eigenvalue weighted by atomic mass is 10.2. The third-order valence-electron chi connectivity index (χ3n) is 1.88. The molecule has 0 bridgehead atoms. The summed E-state index contributed by atoms with van der Waals surface area (Å²) >= 11 is 0. The summed E-state index contributed by atoms with van der Waals surface area (Å²) in [6, 6.07) is 8.48. The highest BCUT2D eigenvalue weighted by Gasteiger charge is 1.96. The van der Waals surface area contributed by atoms with E-state index in [1.165, 1.54) is 11.4 Å². The van der Waals surface area contributed by atoms with E-state index in [4.69, 9.17) is 0 Å². The van der Waals surface area contributed by atoms with Gasteiger partial charge in [-0.2, -0.15) is 0 Å². The first-order valence-corrected chi connectivity index (χ1v) is 4.06. The molecule has 0 saturated carbocycles. The molecule has 1 rings (SSSR count). The first kappa shape index (κ1) is 12.1. The molecule has 0 N–H and O–H groups in total. The van der Waals surface area contributed by atoms with Crippen LogP contribution in [0.4, 0.5) is 11.4 Å². The summed E-state index contributed by atoms with van der Waals surface area (Å²) in [5.74, 6) is 0. The summed E-state index contributed by atoms with van der Waals surface area (Å²) in [4.78, 5) is 4.19. The first-order valence-electron chi connectivity index (χ1n) is 4.06. The maximum absolute atomic E-state index is 2.12. The van der Waals surface area contributed by atoms with Crippen LogP contribution in [0.2, 0.25) is 0 Å². The normalized spacial score (nSPS) is 8.92. The molecule has 13 heavy (non-hydrogen) atoms. The number of anilines is 2. The van der Waals surface area contributed by atoms with Gasteiger partial charge in [0.1, 0.15) is 0 Å². The Hall–Kier alpha value is -0.890. The fraction of sp³-hybridized carbons (Fsp3) is 0.400. The minimum Gasteiger partial charge on any atom is -1.00 e. The quantitative estimate of drug-likeness (QED) is 0.592. The molecule has 0 aliphatic rings. The zero-order chi connectivity index (χ0) is 9.14. The summed E-state index contributed by atoms with van der Waals surface area (Å²) in [6.07, 6.45) is 0. The summed E-state index contributed by atoms with van der Waals surface area (Å²) in [5, 5.41) is 0. The lowest BCUT2D eigenvalue weighted by molar-refractivity contribution is -0.00000262. The van der Waals surface area contributed by atoms with Crippen LogP contribution in [0.5, 0.6) is 0 Å². The molecule has 0 aromatic heterocycles. The molecule has 1 aromatic rings. The van der Waals surface area contributed by atoms with E-state index in [0.29, 0.717) is 0 Å². The Labute approximate surface area is 86.6 Å². The predicted molar refractivity (Wildman–Crippen MR) is 55.1 cm³/mol. The van der Waals surface area contributed by atoms with E-state index in [9.17, 15) is 0 Å². The lowest BCUT2D eigenvalue weighted by Crippen LogP contribution is -3.00. The summed E-state index contributed by atoms with van der Waals surface area (Å²) in [5.41, 5.74) is 2.47. The van der Waals surface area contributed by atoms with Gasteiger partial charge in [-0.1, -0.05) is 0 Å². The summed E-state index contributed by atoms with van der Waals surface area (Å²) < 4.78 is 0. The average molecular weight is 200 g/mol. The van der Waals surface area contributed by atoms with Crippen molar-refractivity contribution in [3.8, 4) is 0 Å². The molecular weight excluding hydrogens is 184 g/mol. The second-order valence-electron chi connectivity index (χ2n) is 3.31. The van der Waals surface area contributed by atoms with Gasteiger partial charge in [0.05, 0.1) is 0 Å². The Kier molecular flexibility index (Phi) is 4.63. The SMILES string of the molecule is CN(C)c1ccc(N(C)C)cc1.[Cl-]. The molecule has 0 spiro atoms. The van der Waals surface area contributed by atoms with Gasteiger partial charge in [0.25, 0.3) is 0 Å². The van der Waals surface area contributed by atoms with Crippen molar-refractivity contribution in [1.29, 1.82) is 0 Å². The molecule has 2 nitrogen and oxygen atoms in total. The molecule has 0 atom stereocenters. The second kappa shape index (κ2) is 4.97. The zero-order valence-electron chi connectivity index (χ0n) is 8.58. The molecule has 0 saturated heterocycles. The third kappa shape index (κ3) is 3.15. The Balaban J connectivity index is 0.00000144. The number of rotatable bonds is 2. The average Bonchev–Trinajstić information content (AvgIpc) is 2.04. The summed E-state index contributed by atoms with van der Waals surface area (Å²) in [7, 11) is 8.19. The minimum absolute atomic E-state index is 0. The highest BCUT2D eigenvalue weighted by Crippen LogP contribution is 2.16. The van der Waals surface area contributed by atoms with E-state index in [0.717, 1.165) is 0 Å². The smallest absolute Gasteiger partial charge is 0.0362 e. The highest BCUT2D eigenvalue weighted by molar-refractivity contribution is 5.54. The molecule has 1 aromatic carbocycles. The van der Waals surface area contributed by atoms with Crippen molar-refractivity contribution in [1.82, 2.24) is 0 Å². The van der Waals surface area contributed by atoms with Crippen LogP contribution in [0.3, 0.4) is 0 Å². The number of hydrogen-bond donors (Lipinski definition) is 0. The Morgan fingerprint density at radius 1 is 0.692 bits per heavy atom. The van der Waals surface area contributed by atoms with Gasteiger partial charge in [-0.3, -0.25) is 0 Å². The lowest BCUT2D eigenvalue weighted by Gasteiger charge is -2.16. The van der Waals surface area contributed by atoms with Crippen LogP contribution in [-0.2, 0) is 0 Å². The van der Waals surface area contributed by atoms with Crippen LogP contribution in [0.25, 0.3) is 0 Å². The molecule has 0 fully saturated rings. The Bertz CT molecular complexity index is 215. The van der Waals surface area contributed by atoms with Crippen LogP contribution < -0.4 is 22.2 Å². The van der Waals surface area contributed by atoms with Gasteiger partial charge < -0.3 is 22.2 Å². The van der Waals surface area contributed by atoms with Crippen molar-refractivity contribution in [3.05, 3.63) is 24.3 Å². The largest absolute Gasteiger partial charge is 1.00 e. The van der Waals surface area contributed by atoms with E-state index < -0.39 is 0 Å². The van der Waals surface area contributed by atoms with Crippen LogP contribution >= 0.6 is 0 Å². The Morgan fingerprint density at radius 2 is 0.923 bits per heavy atom. The monoisotopic (exact) mass is 199 g/mol. The van der Waals surface area contributed by atoms with Gasteiger partial charge in [-0.05, 0) is 24.3 Å². The molecule has 0 aliphatic carbocycles. The molecule has 3 heteroatoms. The van der Waals surface area contributed by atoms with E-state index in [1.807, 2.05) is 28.2 Å². The summed E-state index contributed by atoms with van der Waals surface area (Å²) in [6.45, 7) is 0. The van der Waals surface area contributed by atoms with Gasteiger partial charge in [-0.15, -0.1) is 0 Å². The van der Waals surface area contributed by atoms with E-state index in [1.54, 1.807) is 0 Å². The maximum atomic E-state index is 2.12. The van der Waals surface area contributed by atoms with E-state index >= 15 is 0 Å². The van der Waals surface area contributed by atoms with Crippen molar-refractivity contribution in [3.63, 3.8) is 0 Å². The zero-order valence-corrected chi connectivity index (χ0v) is 9.34. The van der Waals surface area contributed by atoms with Crippen molar-refractivity contribution >= 4 is 11.4 Å². The minimum atomic E-state index is 0. The van der Waals surface area contributed by atoms with Gasteiger partial charge in [0.15, 0.2) is 0 Å². The highest BCUT2D eigenvalue weighted by atomic mass is 35.5. The maximum Gasteiger partial charge on any atom is 0.0362 e. The molecule has 0 unspecified atom stereocenters. The molecule has 0 heterocycles. The van der Waals surface area contributed by atoms with Crippen molar-refractivity contribution < 1.29 is 12.4 Å². The molecule has 0 radical (unpaired) electrons. The fourth-order valence-electron chi connectivity index (χ4n) is 1.05. The molecule has 0 aliphatic heterocycles. The van der Waals surface area contributed by atoms with Gasteiger partial charge in [0, 0.05) is 39.6 Å². The van der Waals surface area contributed by atoms with Crippen LogP contribution in [0, 0.1) is 0 Å². The van der Waals surface area contributed by atoms with Gasteiger partial charge >= 0.3 is 0 Å². The van der Waals surface area contributed by atoms with Gasteiger partial charge in [-0.25, -0.2) is 0 Å². The van der Waals surface area contributed by atoms with E-state index in [2.05, 4.69) is 34.1 Å². The topological polar surface area (TPSA) is 6.48 Å². The van der Waals surface area contributed by atoms with Crippen molar-refractivity contribution in [2.45, 2.75) is 0 Å². The van der Waals surface area contributed by atoms with Crippen molar-refractivity contribution in [2.75, 3.05) is 38.0 Å².